The first-order chi connectivity index (χ1) is 14.6. The van der Waals surface area contributed by atoms with Crippen LogP contribution in [0.5, 0.6) is 23.0 Å². The number of benzene rings is 1. The highest BCUT2D eigenvalue weighted by Crippen LogP contribution is 2.43. The maximum Gasteiger partial charge on any atom is 0.237 e. The highest BCUT2D eigenvalue weighted by atomic mass is 16.5. The molecule has 1 saturated carbocycles. The van der Waals surface area contributed by atoms with Crippen molar-refractivity contribution in [3.8, 4) is 23.0 Å². The zero-order valence-electron chi connectivity index (χ0n) is 17.3. The van der Waals surface area contributed by atoms with E-state index in [1.807, 2.05) is 24.4 Å². The van der Waals surface area contributed by atoms with Crippen LogP contribution in [0.3, 0.4) is 0 Å². The molecule has 4 atom stereocenters. The highest BCUT2D eigenvalue weighted by molar-refractivity contribution is 5.79. The van der Waals surface area contributed by atoms with E-state index in [0.717, 1.165) is 24.8 Å². The van der Waals surface area contributed by atoms with Gasteiger partial charge in [0.25, 0.3) is 0 Å². The Morgan fingerprint density at radius 3 is 2.73 bits per heavy atom. The molecule has 4 rings (SSSR count). The highest BCUT2D eigenvalue weighted by Gasteiger charge is 2.42. The molecule has 2 heterocycles. The van der Waals surface area contributed by atoms with E-state index in [1.54, 1.807) is 26.5 Å². The second-order valence-corrected chi connectivity index (χ2v) is 7.83. The van der Waals surface area contributed by atoms with Gasteiger partial charge < -0.3 is 19.9 Å². The normalized spacial score (nSPS) is 25.8. The van der Waals surface area contributed by atoms with Crippen molar-refractivity contribution >= 4 is 5.91 Å². The first-order valence-corrected chi connectivity index (χ1v) is 10.2. The predicted octanol–water partition coefficient (Wildman–Crippen LogP) is 2.35. The molecule has 1 amide bonds. The van der Waals surface area contributed by atoms with Crippen molar-refractivity contribution in [1.29, 1.82) is 0 Å². The van der Waals surface area contributed by atoms with Crippen LogP contribution >= 0.6 is 0 Å². The summed E-state index contributed by atoms with van der Waals surface area (Å²) < 4.78 is 16.7. The number of nitrogens with two attached hydrogens (primary N) is 1. The van der Waals surface area contributed by atoms with Gasteiger partial charge in [-0.3, -0.25) is 15.2 Å². The Balaban J connectivity index is 1.52. The Bertz CT molecular complexity index is 906. The molecule has 0 radical (unpaired) electrons. The molecule has 0 bridgehead atoms. The van der Waals surface area contributed by atoms with E-state index in [1.165, 1.54) is 0 Å². The molecule has 2 aliphatic rings. The average molecular weight is 412 g/mol. The van der Waals surface area contributed by atoms with Gasteiger partial charge in [0.05, 0.1) is 20.4 Å². The molecule has 1 aliphatic carbocycles. The number of nitrogens with one attached hydrogen (secondary N) is 2. The molecular weight excluding hydrogens is 384 g/mol. The van der Waals surface area contributed by atoms with E-state index in [0.29, 0.717) is 35.5 Å². The Morgan fingerprint density at radius 1 is 1.10 bits per heavy atom. The van der Waals surface area contributed by atoms with Gasteiger partial charge in [-0.2, -0.15) is 0 Å². The minimum Gasteiger partial charge on any atom is -0.497 e. The molecular formula is C22H28N4O4. The molecule has 1 aromatic heterocycles. The Labute approximate surface area is 176 Å². The largest absolute Gasteiger partial charge is 0.497 e. The number of aromatic nitrogens is 1. The van der Waals surface area contributed by atoms with Gasteiger partial charge >= 0.3 is 0 Å². The van der Waals surface area contributed by atoms with E-state index in [9.17, 15) is 4.79 Å². The third-order valence-electron chi connectivity index (χ3n) is 6.19. The maximum atomic E-state index is 12.2. The van der Waals surface area contributed by atoms with Crippen LogP contribution < -0.4 is 30.8 Å². The zero-order valence-corrected chi connectivity index (χ0v) is 17.3. The monoisotopic (exact) mass is 412 g/mol. The number of ether oxygens (including phenoxy) is 3. The van der Waals surface area contributed by atoms with Crippen LogP contribution in [-0.4, -0.2) is 37.7 Å². The maximum absolute atomic E-state index is 12.2. The van der Waals surface area contributed by atoms with Crippen molar-refractivity contribution in [2.75, 3.05) is 20.8 Å². The van der Waals surface area contributed by atoms with Crippen molar-refractivity contribution in [3.05, 3.63) is 42.2 Å². The van der Waals surface area contributed by atoms with Gasteiger partial charge in [0, 0.05) is 30.8 Å². The number of hydrazine groups is 1. The molecule has 160 valence electrons. The van der Waals surface area contributed by atoms with Gasteiger partial charge in [-0.05, 0) is 54.9 Å². The Hall–Kier alpha value is -2.84. The van der Waals surface area contributed by atoms with Crippen molar-refractivity contribution in [2.45, 2.75) is 31.2 Å². The lowest BCUT2D eigenvalue weighted by Crippen LogP contribution is -2.62. The van der Waals surface area contributed by atoms with Crippen molar-refractivity contribution in [3.63, 3.8) is 0 Å². The predicted molar refractivity (Wildman–Crippen MR) is 112 cm³/mol. The number of nitrogens with zero attached hydrogens (tertiary/aromatic N) is 1. The summed E-state index contributed by atoms with van der Waals surface area (Å²) in [6, 6.07) is 7.53. The number of pyridine rings is 1. The summed E-state index contributed by atoms with van der Waals surface area (Å²) >= 11 is 0. The molecule has 2 fully saturated rings. The first kappa shape index (κ1) is 20.4. The average Bonchev–Trinajstić information content (AvgIpc) is 2.79. The lowest BCUT2D eigenvalue weighted by Gasteiger charge is -2.43. The van der Waals surface area contributed by atoms with E-state index in [-0.39, 0.29) is 23.8 Å². The minimum atomic E-state index is 0.0204. The zero-order chi connectivity index (χ0) is 21.1. The Kier molecular flexibility index (Phi) is 6.06. The van der Waals surface area contributed by atoms with Crippen LogP contribution in [0.15, 0.2) is 36.7 Å². The van der Waals surface area contributed by atoms with Gasteiger partial charge in [-0.25, -0.2) is 5.43 Å². The number of hydrogen-bond acceptors (Lipinski definition) is 7. The summed E-state index contributed by atoms with van der Waals surface area (Å²) in [4.78, 5) is 16.6. The molecule has 4 unspecified atom stereocenters. The summed E-state index contributed by atoms with van der Waals surface area (Å²) in [5.74, 6) is 3.14. The first-order valence-electron chi connectivity index (χ1n) is 10.2. The van der Waals surface area contributed by atoms with Crippen molar-refractivity contribution in [1.82, 2.24) is 15.8 Å². The fraction of sp³-hybridized carbons (Fsp3) is 0.455. The number of methoxy groups -OCH3 is 2. The summed E-state index contributed by atoms with van der Waals surface area (Å²) in [5.41, 5.74) is 12.9. The van der Waals surface area contributed by atoms with E-state index < -0.39 is 0 Å². The summed E-state index contributed by atoms with van der Waals surface area (Å²) in [5, 5.41) is 0. The summed E-state index contributed by atoms with van der Waals surface area (Å²) in [6.45, 7) is 0.493. The SMILES string of the molecule is COc1ccc(Oc2cncc(C3CCC4C(=O)NNC(CN)C4C3)c2)c(OC)c1. The fourth-order valence-electron chi connectivity index (χ4n) is 4.58. The molecule has 4 N–H and O–H groups in total. The van der Waals surface area contributed by atoms with Crippen LogP contribution in [0, 0.1) is 11.8 Å². The Morgan fingerprint density at radius 2 is 1.97 bits per heavy atom. The molecule has 1 aromatic carbocycles. The molecule has 8 nitrogen and oxygen atoms in total. The summed E-state index contributed by atoms with van der Waals surface area (Å²) in [6.07, 6.45) is 6.25. The lowest BCUT2D eigenvalue weighted by molar-refractivity contribution is -0.133. The molecule has 2 aromatic rings. The second kappa shape index (κ2) is 8.89. The van der Waals surface area contributed by atoms with Crippen LogP contribution in [0.4, 0.5) is 0 Å². The summed E-state index contributed by atoms with van der Waals surface area (Å²) in [7, 11) is 3.20. The van der Waals surface area contributed by atoms with Gasteiger partial charge in [0.1, 0.15) is 11.5 Å². The standard InChI is InChI=1S/C22H28N4O4/c1-28-15-4-6-20(21(9-15)29-2)30-16-7-14(11-24-12-16)13-3-5-17-18(8-13)19(10-23)25-26-22(17)27/h4,6-7,9,11-13,17-19,25H,3,5,8,10,23H2,1-2H3,(H,26,27). The van der Waals surface area contributed by atoms with Crippen LogP contribution in [0.2, 0.25) is 0 Å². The van der Waals surface area contributed by atoms with Crippen molar-refractivity contribution < 1.29 is 19.0 Å². The molecule has 8 heteroatoms. The quantitative estimate of drug-likeness (QED) is 0.668. The lowest BCUT2D eigenvalue weighted by atomic mass is 9.68. The smallest absolute Gasteiger partial charge is 0.237 e. The number of carbonyl (C=O) groups excluding carboxylic acids is 1. The van der Waals surface area contributed by atoms with Gasteiger partial charge in [0.15, 0.2) is 11.5 Å². The number of amides is 1. The van der Waals surface area contributed by atoms with Crippen LogP contribution in [-0.2, 0) is 4.79 Å². The van der Waals surface area contributed by atoms with Gasteiger partial charge in [-0.15, -0.1) is 0 Å². The molecule has 0 spiro atoms. The van der Waals surface area contributed by atoms with E-state index in [2.05, 4.69) is 15.8 Å². The van der Waals surface area contributed by atoms with Crippen LogP contribution in [0.25, 0.3) is 0 Å². The van der Waals surface area contributed by atoms with E-state index in [4.69, 9.17) is 19.9 Å². The van der Waals surface area contributed by atoms with Crippen molar-refractivity contribution in [2.24, 2.45) is 17.6 Å². The van der Waals surface area contributed by atoms with E-state index >= 15 is 0 Å². The minimum absolute atomic E-state index is 0.0204. The van der Waals surface area contributed by atoms with Gasteiger partial charge in [0.2, 0.25) is 5.91 Å². The molecule has 1 saturated heterocycles. The topological polar surface area (TPSA) is 108 Å². The molecule has 30 heavy (non-hydrogen) atoms. The number of carbonyl (C=O) groups is 1. The molecule has 1 aliphatic heterocycles. The van der Waals surface area contributed by atoms with Crippen LogP contribution in [0.1, 0.15) is 30.7 Å². The number of rotatable bonds is 6. The van der Waals surface area contributed by atoms with Gasteiger partial charge in [-0.1, -0.05) is 0 Å². The third-order valence-corrected chi connectivity index (χ3v) is 6.19. The number of fused-ring (bicyclic) bond motifs is 1. The fourth-order valence-corrected chi connectivity index (χ4v) is 4.58. The third kappa shape index (κ3) is 4.06. The second-order valence-electron chi connectivity index (χ2n) is 7.83. The number of hydrogen-bond donors (Lipinski definition) is 3.